The zero-order valence-electron chi connectivity index (χ0n) is 17.6. The number of ether oxygens (including phenoxy) is 1. The van der Waals surface area contributed by atoms with Gasteiger partial charge in [-0.05, 0) is 29.7 Å². The Hall–Kier alpha value is -3.11. The number of phenols is 1. The second-order valence-corrected chi connectivity index (χ2v) is 9.10. The molecular weight excluding hydrogens is 520 g/mol. The van der Waals surface area contributed by atoms with E-state index in [1.807, 2.05) is 0 Å². The number of aromatic hydroxyl groups is 1. The number of rotatable bonds is 4. The van der Waals surface area contributed by atoms with Gasteiger partial charge in [0.2, 0.25) is 5.82 Å². The Bertz CT molecular complexity index is 1320. The number of anilines is 1. The molecule has 35 heavy (non-hydrogen) atoms. The van der Waals surface area contributed by atoms with Gasteiger partial charge in [-0.15, -0.1) is 23.2 Å². The molecule has 1 aliphatic heterocycles. The summed E-state index contributed by atoms with van der Waals surface area (Å²) in [6, 6.07) is 3.84. The van der Waals surface area contributed by atoms with Gasteiger partial charge < -0.3 is 9.84 Å². The lowest BCUT2D eigenvalue weighted by Gasteiger charge is -2.42. The molecule has 3 atom stereocenters. The van der Waals surface area contributed by atoms with Gasteiger partial charge in [0.15, 0.2) is 44.5 Å². The van der Waals surface area contributed by atoms with E-state index in [0.29, 0.717) is 0 Å². The van der Waals surface area contributed by atoms with Crippen molar-refractivity contribution in [2.75, 3.05) is 12.0 Å². The summed E-state index contributed by atoms with van der Waals surface area (Å²) in [5, 5.41) is 9.95. The lowest BCUT2D eigenvalue weighted by Crippen LogP contribution is -2.54. The normalized spacial score (nSPS) is 26.0. The summed E-state index contributed by atoms with van der Waals surface area (Å²) in [6.07, 6.45) is 2.29. The molecule has 12 heteroatoms. The molecule has 1 fully saturated rings. The first kappa shape index (κ1) is 25.0. The van der Waals surface area contributed by atoms with E-state index in [9.17, 15) is 36.6 Å². The molecule has 4 rings (SSSR count). The molecule has 0 saturated carbocycles. The van der Waals surface area contributed by atoms with E-state index >= 15 is 0 Å². The van der Waals surface area contributed by atoms with Crippen molar-refractivity contribution in [3.05, 3.63) is 77.2 Å². The lowest BCUT2D eigenvalue weighted by atomic mass is 9.68. The Morgan fingerprint density at radius 2 is 1.63 bits per heavy atom. The molecule has 0 spiro atoms. The zero-order chi connectivity index (χ0) is 26.0. The van der Waals surface area contributed by atoms with E-state index in [1.54, 1.807) is 0 Å². The largest absolute Gasteiger partial charge is 0.504 e. The van der Waals surface area contributed by atoms with Crippen LogP contribution < -0.4 is 9.64 Å². The first-order chi connectivity index (χ1) is 16.4. The maximum atomic E-state index is 14.6. The van der Waals surface area contributed by atoms with Crippen LogP contribution in [0.3, 0.4) is 0 Å². The fourth-order valence-electron chi connectivity index (χ4n) is 4.44. The molecule has 2 aromatic rings. The maximum absolute atomic E-state index is 14.6. The molecule has 0 bridgehead atoms. The number of nitrogens with zero attached hydrogens (tertiary/aromatic N) is 1. The Balaban J connectivity index is 1.99. The van der Waals surface area contributed by atoms with E-state index in [4.69, 9.17) is 27.9 Å². The number of carbonyl (C=O) groups is 2. The maximum Gasteiger partial charge on any atom is 0.258 e. The van der Waals surface area contributed by atoms with Crippen LogP contribution in [0.1, 0.15) is 17.9 Å². The van der Waals surface area contributed by atoms with Crippen LogP contribution in [0, 0.1) is 29.1 Å². The van der Waals surface area contributed by atoms with Crippen molar-refractivity contribution in [3.8, 4) is 11.5 Å². The van der Waals surface area contributed by atoms with Gasteiger partial charge in [-0.1, -0.05) is 24.8 Å². The van der Waals surface area contributed by atoms with Crippen LogP contribution in [0.25, 0.3) is 0 Å². The van der Waals surface area contributed by atoms with E-state index in [0.717, 1.165) is 0 Å². The quantitative estimate of drug-likeness (QED) is 0.192. The summed E-state index contributed by atoms with van der Waals surface area (Å²) < 4.78 is 75.7. The molecule has 2 aromatic carbocycles. The smallest absolute Gasteiger partial charge is 0.258 e. The molecule has 184 valence electrons. The highest BCUT2D eigenvalue weighted by Crippen LogP contribution is 2.60. The molecule has 5 nitrogen and oxygen atoms in total. The van der Waals surface area contributed by atoms with Crippen LogP contribution in [0.5, 0.6) is 11.5 Å². The summed E-state index contributed by atoms with van der Waals surface area (Å²) in [7, 11) is 1.25. The minimum atomic E-state index is -2.49. The highest BCUT2D eigenvalue weighted by molar-refractivity contribution is 6.58. The summed E-state index contributed by atoms with van der Waals surface area (Å²) in [5.74, 6) is -16.6. The number of benzene rings is 2. The number of hydrogen-bond acceptors (Lipinski definition) is 4. The van der Waals surface area contributed by atoms with Crippen molar-refractivity contribution in [1.82, 2.24) is 0 Å². The Morgan fingerprint density at radius 1 is 1.06 bits per heavy atom. The monoisotopic (exact) mass is 533 g/mol. The number of allylic oxidation sites excluding steroid dienone is 3. The van der Waals surface area contributed by atoms with E-state index in [1.165, 1.54) is 37.5 Å². The van der Waals surface area contributed by atoms with Gasteiger partial charge in [-0.3, -0.25) is 9.59 Å². The van der Waals surface area contributed by atoms with Gasteiger partial charge in [0.25, 0.3) is 11.8 Å². The van der Waals surface area contributed by atoms with Gasteiger partial charge in [-0.2, -0.15) is 0 Å². The van der Waals surface area contributed by atoms with Crippen molar-refractivity contribution in [1.29, 1.82) is 0 Å². The average Bonchev–Trinajstić information content (AvgIpc) is 2.99. The van der Waals surface area contributed by atoms with Crippen LogP contribution in [-0.2, 0) is 9.59 Å². The number of methoxy groups -OCH3 is 1. The SMILES string of the molecule is C=CC1=CCC2(Cl)C(=O)N(c3c(F)c(F)c(F)c(F)c3F)C(=O)C2(Cl)C1c1ccc(O)c(OC)c1. The first-order valence-electron chi connectivity index (χ1n) is 9.84. The number of amides is 2. The molecule has 1 heterocycles. The average molecular weight is 534 g/mol. The molecule has 2 aliphatic rings. The van der Waals surface area contributed by atoms with Gasteiger partial charge >= 0.3 is 0 Å². The molecule has 0 radical (unpaired) electrons. The Morgan fingerprint density at radius 3 is 2.17 bits per heavy atom. The van der Waals surface area contributed by atoms with Crippen molar-refractivity contribution in [3.63, 3.8) is 0 Å². The first-order valence-corrected chi connectivity index (χ1v) is 10.6. The van der Waals surface area contributed by atoms with Crippen LogP contribution in [0.4, 0.5) is 27.6 Å². The molecule has 1 aliphatic carbocycles. The Labute approximate surface area is 205 Å². The number of hydrogen-bond donors (Lipinski definition) is 1. The molecule has 3 unspecified atom stereocenters. The van der Waals surface area contributed by atoms with E-state index in [-0.39, 0.29) is 27.5 Å². The highest BCUT2D eigenvalue weighted by Gasteiger charge is 2.73. The fraction of sp³-hybridized carbons (Fsp3) is 0.217. The molecule has 1 saturated heterocycles. The summed E-state index contributed by atoms with van der Waals surface area (Å²) >= 11 is 13.4. The van der Waals surface area contributed by atoms with Crippen LogP contribution in [-0.4, -0.2) is 33.8 Å². The summed E-state index contributed by atoms with van der Waals surface area (Å²) in [4.78, 5) is 21.9. The van der Waals surface area contributed by atoms with Crippen LogP contribution in [0.15, 0.2) is 42.5 Å². The van der Waals surface area contributed by atoms with Crippen molar-refractivity contribution >= 4 is 40.7 Å². The van der Waals surface area contributed by atoms with Gasteiger partial charge in [0.1, 0.15) is 5.69 Å². The number of halogens is 7. The molecule has 2 amide bonds. The highest BCUT2D eigenvalue weighted by atomic mass is 35.5. The molecule has 0 aromatic heterocycles. The summed E-state index contributed by atoms with van der Waals surface area (Å²) in [6.45, 7) is 3.65. The zero-order valence-corrected chi connectivity index (χ0v) is 19.2. The molecule has 1 N–H and O–H groups in total. The second kappa shape index (κ2) is 8.23. The molecular formula is C23H14Cl2F5NO4. The van der Waals surface area contributed by atoms with Crippen LogP contribution in [0.2, 0.25) is 0 Å². The van der Waals surface area contributed by atoms with E-state index < -0.39 is 68.7 Å². The topological polar surface area (TPSA) is 66.8 Å². The number of alkyl halides is 2. The number of imide groups is 1. The minimum Gasteiger partial charge on any atom is -0.504 e. The predicted octanol–water partition coefficient (Wildman–Crippen LogP) is 5.22. The lowest BCUT2D eigenvalue weighted by molar-refractivity contribution is -0.122. The van der Waals surface area contributed by atoms with Crippen molar-refractivity contribution < 1.29 is 41.4 Å². The van der Waals surface area contributed by atoms with Crippen molar-refractivity contribution in [2.24, 2.45) is 0 Å². The van der Waals surface area contributed by atoms with Gasteiger partial charge in [0, 0.05) is 5.92 Å². The second-order valence-electron chi connectivity index (χ2n) is 7.85. The minimum absolute atomic E-state index is 0.0367. The third-order valence-electron chi connectivity index (χ3n) is 6.17. The standard InChI is InChI=1S/C23H14Cl2F5NO4/c1-3-9-6-7-22(24)20(33)31(19-17(29)15(27)14(26)16(28)18(19)30)21(34)23(22,25)13(9)10-4-5-11(32)12(8-10)35-2/h3-6,8,13,32H,1,7H2,2H3. The van der Waals surface area contributed by atoms with E-state index in [2.05, 4.69) is 6.58 Å². The predicted molar refractivity (Wildman–Crippen MR) is 116 cm³/mol. The number of fused-ring (bicyclic) bond motifs is 1. The van der Waals surface area contributed by atoms with Gasteiger partial charge in [-0.25, -0.2) is 26.9 Å². The Kier molecular flexibility index (Phi) is 5.88. The fourth-order valence-corrected chi connectivity index (χ4v) is 5.29. The van der Waals surface area contributed by atoms with Crippen molar-refractivity contribution in [2.45, 2.75) is 22.1 Å². The van der Waals surface area contributed by atoms with Gasteiger partial charge in [0.05, 0.1) is 7.11 Å². The third-order valence-corrected chi connectivity index (χ3v) is 7.58. The number of phenolic OH excluding ortho intramolecular Hbond substituents is 1. The van der Waals surface area contributed by atoms with Crippen LogP contribution >= 0.6 is 23.2 Å². The number of carbonyl (C=O) groups excluding carboxylic acids is 2. The third kappa shape index (κ3) is 3.12. The summed E-state index contributed by atoms with van der Waals surface area (Å²) in [5.41, 5.74) is -1.32.